The monoisotopic (exact) mass is 365 g/mol. The average molecular weight is 365 g/mol. The van der Waals surface area contributed by atoms with Crippen molar-refractivity contribution in [3.8, 4) is 5.69 Å². The third-order valence-corrected chi connectivity index (χ3v) is 4.86. The summed E-state index contributed by atoms with van der Waals surface area (Å²) in [6, 6.07) is 5.09. The van der Waals surface area contributed by atoms with Crippen LogP contribution in [0.3, 0.4) is 0 Å². The first kappa shape index (κ1) is 18.5. The van der Waals surface area contributed by atoms with Gasteiger partial charge in [0, 0.05) is 6.04 Å². The zero-order chi connectivity index (χ0) is 18.7. The minimum Gasteiger partial charge on any atom is -0.349 e. The van der Waals surface area contributed by atoms with E-state index < -0.39 is 11.7 Å². The number of carbonyl (C=O) groups is 1. The third kappa shape index (κ3) is 4.08. The van der Waals surface area contributed by atoms with Crippen LogP contribution in [0.1, 0.15) is 60.1 Å². The first-order chi connectivity index (χ1) is 12.4. The number of alkyl halides is 3. The summed E-state index contributed by atoms with van der Waals surface area (Å²) >= 11 is 0. The van der Waals surface area contributed by atoms with Gasteiger partial charge in [0.25, 0.3) is 5.91 Å². The summed E-state index contributed by atoms with van der Waals surface area (Å²) in [5.74, 6) is -0.215. The van der Waals surface area contributed by atoms with Crippen molar-refractivity contribution < 1.29 is 18.0 Å². The Labute approximate surface area is 150 Å². The molecule has 0 saturated heterocycles. The van der Waals surface area contributed by atoms with Crippen molar-refractivity contribution >= 4 is 5.91 Å². The highest BCUT2D eigenvalue weighted by molar-refractivity contribution is 5.95. The Morgan fingerprint density at radius 1 is 1.19 bits per heavy atom. The van der Waals surface area contributed by atoms with Crippen molar-refractivity contribution in [1.29, 1.82) is 0 Å². The Balaban J connectivity index is 1.80. The molecular formula is C19H22F3N3O. The molecule has 1 aromatic heterocycles. The summed E-state index contributed by atoms with van der Waals surface area (Å²) < 4.78 is 40.1. The second kappa shape index (κ2) is 7.51. The lowest BCUT2D eigenvalue weighted by Crippen LogP contribution is -2.34. The van der Waals surface area contributed by atoms with E-state index >= 15 is 0 Å². The minimum absolute atomic E-state index is 0.154. The van der Waals surface area contributed by atoms with Crippen molar-refractivity contribution in [2.24, 2.45) is 0 Å². The number of nitrogens with one attached hydrogen (secondary N) is 1. The Morgan fingerprint density at radius 2 is 1.88 bits per heavy atom. The van der Waals surface area contributed by atoms with Crippen LogP contribution < -0.4 is 5.32 Å². The predicted octanol–water partition coefficient (Wildman–Crippen LogP) is 4.65. The quantitative estimate of drug-likeness (QED) is 0.805. The van der Waals surface area contributed by atoms with Gasteiger partial charge in [-0.3, -0.25) is 4.79 Å². The van der Waals surface area contributed by atoms with Gasteiger partial charge in [0.1, 0.15) is 0 Å². The fraction of sp³-hybridized carbons (Fsp3) is 0.474. The van der Waals surface area contributed by atoms with Crippen LogP contribution in [0.4, 0.5) is 13.2 Å². The van der Waals surface area contributed by atoms with Crippen LogP contribution >= 0.6 is 0 Å². The van der Waals surface area contributed by atoms with Crippen LogP contribution in [0, 0.1) is 6.92 Å². The fourth-order valence-electron chi connectivity index (χ4n) is 3.39. The molecule has 1 saturated carbocycles. The van der Waals surface area contributed by atoms with Gasteiger partial charge in [0.05, 0.1) is 28.7 Å². The summed E-state index contributed by atoms with van der Waals surface area (Å²) in [6.07, 6.45) is 3.52. The van der Waals surface area contributed by atoms with Crippen LogP contribution in [-0.2, 0) is 6.18 Å². The van der Waals surface area contributed by atoms with Crippen molar-refractivity contribution in [3.63, 3.8) is 0 Å². The first-order valence-electron chi connectivity index (χ1n) is 8.89. The molecular weight excluding hydrogens is 343 g/mol. The fourth-order valence-corrected chi connectivity index (χ4v) is 3.39. The molecule has 1 amide bonds. The number of benzene rings is 1. The maximum Gasteiger partial charge on any atom is 0.416 e. The van der Waals surface area contributed by atoms with Crippen LogP contribution in [0.15, 0.2) is 30.5 Å². The molecule has 1 fully saturated rings. The Hall–Kier alpha value is -2.31. The number of carbonyl (C=O) groups excluding carboxylic acids is 1. The second-order valence-corrected chi connectivity index (χ2v) is 6.77. The molecule has 0 atom stereocenters. The molecule has 1 aromatic carbocycles. The number of halogens is 3. The molecule has 4 nitrogen and oxygen atoms in total. The van der Waals surface area contributed by atoms with E-state index in [1.54, 1.807) is 13.0 Å². The van der Waals surface area contributed by atoms with Crippen LogP contribution in [0.25, 0.3) is 5.69 Å². The van der Waals surface area contributed by atoms with Crippen molar-refractivity contribution in [2.75, 3.05) is 0 Å². The van der Waals surface area contributed by atoms with Crippen molar-refractivity contribution in [1.82, 2.24) is 15.1 Å². The van der Waals surface area contributed by atoms with Crippen LogP contribution in [-0.4, -0.2) is 21.7 Å². The van der Waals surface area contributed by atoms with Gasteiger partial charge in [-0.25, -0.2) is 4.68 Å². The lowest BCUT2D eigenvalue weighted by molar-refractivity contribution is -0.137. The topological polar surface area (TPSA) is 46.9 Å². The molecule has 1 aliphatic rings. The molecule has 1 heterocycles. The number of nitrogens with zero attached hydrogens (tertiary/aromatic N) is 2. The molecule has 140 valence electrons. The standard InChI is InChI=1S/C19H22F3N3O/c1-13-17(18(26)24-15-8-4-2-3-5-9-15)12-23-25(13)16-10-6-7-14(11-16)19(20,21)22/h6-7,10-12,15H,2-5,8-9H2,1H3,(H,24,26). The number of aromatic nitrogens is 2. The number of rotatable bonds is 3. The smallest absolute Gasteiger partial charge is 0.349 e. The van der Waals surface area contributed by atoms with E-state index in [2.05, 4.69) is 10.4 Å². The number of hydrogen-bond donors (Lipinski definition) is 1. The minimum atomic E-state index is -4.42. The molecule has 0 bridgehead atoms. The van der Waals surface area contributed by atoms with Gasteiger partial charge in [0.15, 0.2) is 0 Å². The highest BCUT2D eigenvalue weighted by Crippen LogP contribution is 2.30. The molecule has 0 aliphatic heterocycles. The maximum atomic E-state index is 12.9. The zero-order valence-corrected chi connectivity index (χ0v) is 14.6. The second-order valence-electron chi connectivity index (χ2n) is 6.77. The molecule has 26 heavy (non-hydrogen) atoms. The van der Waals surface area contributed by atoms with E-state index in [-0.39, 0.29) is 17.6 Å². The van der Waals surface area contributed by atoms with Crippen molar-refractivity contribution in [3.05, 3.63) is 47.3 Å². The zero-order valence-electron chi connectivity index (χ0n) is 14.6. The van der Waals surface area contributed by atoms with Crippen LogP contribution in [0.5, 0.6) is 0 Å². The lowest BCUT2D eigenvalue weighted by atomic mass is 10.1. The van der Waals surface area contributed by atoms with Gasteiger partial charge in [-0.2, -0.15) is 18.3 Å². The third-order valence-electron chi connectivity index (χ3n) is 4.86. The van der Waals surface area contributed by atoms with E-state index in [1.807, 2.05) is 0 Å². The summed E-state index contributed by atoms with van der Waals surface area (Å²) in [5, 5.41) is 7.17. The highest BCUT2D eigenvalue weighted by Gasteiger charge is 2.30. The van der Waals surface area contributed by atoms with E-state index in [1.165, 1.54) is 29.8 Å². The average Bonchev–Trinajstić information content (AvgIpc) is 2.80. The van der Waals surface area contributed by atoms with Crippen LogP contribution in [0.2, 0.25) is 0 Å². The van der Waals surface area contributed by atoms with E-state index in [0.29, 0.717) is 11.3 Å². The first-order valence-corrected chi connectivity index (χ1v) is 8.89. The Kier molecular flexibility index (Phi) is 5.34. The maximum absolute atomic E-state index is 12.9. The molecule has 7 heteroatoms. The summed E-state index contributed by atoms with van der Waals surface area (Å²) in [4.78, 5) is 12.6. The molecule has 1 N–H and O–H groups in total. The van der Waals surface area contributed by atoms with E-state index in [4.69, 9.17) is 0 Å². The summed E-state index contributed by atoms with van der Waals surface area (Å²) in [7, 11) is 0. The summed E-state index contributed by atoms with van der Waals surface area (Å²) in [6.45, 7) is 1.69. The summed E-state index contributed by atoms with van der Waals surface area (Å²) in [5.41, 5.74) is 0.460. The van der Waals surface area contributed by atoms with Gasteiger partial charge in [0.2, 0.25) is 0 Å². The molecule has 2 aromatic rings. The normalized spacial score (nSPS) is 16.3. The van der Waals surface area contributed by atoms with Gasteiger partial charge < -0.3 is 5.32 Å². The molecule has 0 radical (unpaired) electrons. The molecule has 0 unspecified atom stereocenters. The van der Waals surface area contributed by atoms with Crippen molar-refractivity contribution in [2.45, 2.75) is 57.7 Å². The van der Waals surface area contributed by atoms with Gasteiger partial charge in [-0.1, -0.05) is 31.7 Å². The number of hydrogen-bond acceptors (Lipinski definition) is 2. The van der Waals surface area contributed by atoms with Gasteiger partial charge >= 0.3 is 6.18 Å². The predicted molar refractivity (Wildman–Crippen MR) is 92.3 cm³/mol. The van der Waals surface area contributed by atoms with Gasteiger partial charge in [-0.15, -0.1) is 0 Å². The highest BCUT2D eigenvalue weighted by atomic mass is 19.4. The van der Waals surface area contributed by atoms with E-state index in [0.717, 1.165) is 37.8 Å². The SMILES string of the molecule is Cc1c(C(=O)NC2CCCCCC2)cnn1-c1cccc(C(F)(F)F)c1. The lowest BCUT2D eigenvalue weighted by Gasteiger charge is -2.16. The largest absolute Gasteiger partial charge is 0.416 e. The van der Waals surface area contributed by atoms with E-state index in [9.17, 15) is 18.0 Å². The Morgan fingerprint density at radius 3 is 2.54 bits per heavy atom. The molecule has 0 spiro atoms. The molecule has 3 rings (SSSR count). The van der Waals surface area contributed by atoms with Gasteiger partial charge in [-0.05, 0) is 38.0 Å². The Bertz CT molecular complexity index is 775. The molecule has 1 aliphatic carbocycles. The number of amides is 1.